The minimum Gasteiger partial charge on any atom is -0.478 e. The molecule has 0 amide bonds. The first kappa shape index (κ1) is 14.0. The van der Waals surface area contributed by atoms with Gasteiger partial charge in [0, 0.05) is 39.1 Å². The SMILES string of the molecule is O=C(O)c1ccccc1CNCC1(O)CCOCC1. The van der Waals surface area contributed by atoms with Crippen LogP contribution in [0.4, 0.5) is 0 Å². The lowest BCUT2D eigenvalue weighted by Gasteiger charge is -2.32. The van der Waals surface area contributed by atoms with E-state index in [-0.39, 0.29) is 0 Å². The van der Waals surface area contributed by atoms with Crippen LogP contribution in [-0.2, 0) is 11.3 Å². The van der Waals surface area contributed by atoms with Crippen LogP contribution in [0.15, 0.2) is 24.3 Å². The molecule has 1 aliphatic heterocycles. The Bertz CT molecular complexity index is 441. The number of aromatic carboxylic acids is 1. The molecule has 0 aromatic heterocycles. The van der Waals surface area contributed by atoms with Crippen molar-refractivity contribution >= 4 is 5.97 Å². The number of aliphatic hydroxyl groups is 1. The maximum absolute atomic E-state index is 11.1. The molecule has 0 radical (unpaired) electrons. The van der Waals surface area contributed by atoms with Gasteiger partial charge in [-0.3, -0.25) is 0 Å². The number of ether oxygens (including phenoxy) is 1. The van der Waals surface area contributed by atoms with Crippen LogP contribution < -0.4 is 5.32 Å². The van der Waals surface area contributed by atoms with E-state index in [0.717, 1.165) is 5.56 Å². The Labute approximate surface area is 112 Å². The van der Waals surface area contributed by atoms with E-state index in [1.807, 2.05) is 6.07 Å². The van der Waals surface area contributed by atoms with Gasteiger partial charge in [-0.2, -0.15) is 0 Å². The summed E-state index contributed by atoms with van der Waals surface area (Å²) >= 11 is 0. The first-order chi connectivity index (χ1) is 9.11. The van der Waals surface area contributed by atoms with E-state index in [4.69, 9.17) is 9.84 Å². The Morgan fingerprint density at radius 2 is 2.00 bits per heavy atom. The molecule has 1 saturated heterocycles. The Morgan fingerprint density at radius 3 is 2.68 bits per heavy atom. The van der Waals surface area contributed by atoms with Gasteiger partial charge in [0.25, 0.3) is 0 Å². The number of nitrogens with one attached hydrogen (secondary N) is 1. The van der Waals surface area contributed by atoms with E-state index in [2.05, 4.69) is 5.32 Å². The normalized spacial score (nSPS) is 18.2. The van der Waals surface area contributed by atoms with Gasteiger partial charge in [0.1, 0.15) is 0 Å². The molecule has 0 saturated carbocycles. The van der Waals surface area contributed by atoms with Crippen molar-refractivity contribution in [3.8, 4) is 0 Å². The van der Waals surface area contributed by atoms with Crippen LogP contribution in [0.2, 0.25) is 0 Å². The lowest BCUT2D eigenvalue weighted by Crippen LogP contribution is -2.44. The fraction of sp³-hybridized carbons (Fsp3) is 0.500. The van der Waals surface area contributed by atoms with Crippen molar-refractivity contribution in [2.45, 2.75) is 25.0 Å². The summed E-state index contributed by atoms with van der Waals surface area (Å²) in [5.74, 6) is -0.929. The van der Waals surface area contributed by atoms with Gasteiger partial charge in [-0.05, 0) is 11.6 Å². The number of rotatable bonds is 5. The van der Waals surface area contributed by atoms with Crippen LogP contribution in [0.5, 0.6) is 0 Å². The number of carbonyl (C=O) groups is 1. The molecule has 5 nitrogen and oxygen atoms in total. The molecular weight excluding hydrogens is 246 g/mol. The van der Waals surface area contributed by atoms with Crippen molar-refractivity contribution in [1.82, 2.24) is 5.32 Å². The number of hydrogen-bond acceptors (Lipinski definition) is 4. The maximum Gasteiger partial charge on any atom is 0.336 e. The molecule has 0 aliphatic carbocycles. The molecular formula is C14H19NO4. The molecule has 1 fully saturated rings. The third-order valence-corrected chi connectivity index (χ3v) is 3.44. The highest BCUT2D eigenvalue weighted by molar-refractivity contribution is 5.89. The van der Waals surface area contributed by atoms with Crippen molar-refractivity contribution < 1.29 is 19.7 Å². The molecule has 104 valence electrons. The number of hydrogen-bond donors (Lipinski definition) is 3. The minimum absolute atomic E-state index is 0.300. The zero-order valence-corrected chi connectivity index (χ0v) is 10.8. The molecule has 0 spiro atoms. The molecule has 1 aliphatic rings. The lowest BCUT2D eigenvalue weighted by molar-refractivity contribution is -0.0617. The second-order valence-electron chi connectivity index (χ2n) is 4.90. The Kier molecular flexibility index (Phi) is 4.52. The summed E-state index contributed by atoms with van der Waals surface area (Å²) in [4.78, 5) is 11.1. The molecule has 0 unspecified atom stereocenters. The lowest BCUT2D eigenvalue weighted by atomic mass is 9.94. The second-order valence-corrected chi connectivity index (χ2v) is 4.90. The fourth-order valence-electron chi connectivity index (χ4n) is 2.24. The zero-order valence-electron chi connectivity index (χ0n) is 10.8. The van der Waals surface area contributed by atoms with E-state index in [0.29, 0.717) is 44.7 Å². The minimum atomic E-state index is -0.929. The standard InChI is InChI=1S/C14H19NO4/c16-13(17)12-4-2-1-3-11(12)9-15-10-14(18)5-7-19-8-6-14/h1-4,15,18H,5-10H2,(H,16,17). The molecule has 3 N–H and O–H groups in total. The maximum atomic E-state index is 11.1. The van der Waals surface area contributed by atoms with Crippen molar-refractivity contribution in [2.24, 2.45) is 0 Å². The van der Waals surface area contributed by atoms with Crippen molar-refractivity contribution in [1.29, 1.82) is 0 Å². The van der Waals surface area contributed by atoms with Gasteiger partial charge in [0.05, 0.1) is 11.2 Å². The van der Waals surface area contributed by atoms with Crippen LogP contribution >= 0.6 is 0 Å². The van der Waals surface area contributed by atoms with Gasteiger partial charge in [-0.25, -0.2) is 4.79 Å². The molecule has 0 bridgehead atoms. The molecule has 0 atom stereocenters. The highest BCUT2D eigenvalue weighted by Gasteiger charge is 2.29. The molecule has 1 heterocycles. The summed E-state index contributed by atoms with van der Waals surface area (Å²) in [5, 5.41) is 22.5. The summed E-state index contributed by atoms with van der Waals surface area (Å²) in [5.41, 5.74) is 0.288. The quantitative estimate of drug-likeness (QED) is 0.740. The van der Waals surface area contributed by atoms with E-state index >= 15 is 0 Å². The molecule has 5 heteroatoms. The first-order valence-corrected chi connectivity index (χ1v) is 6.43. The van der Waals surface area contributed by atoms with Crippen molar-refractivity contribution in [2.75, 3.05) is 19.8 Å². The summed E-state index contributed by atoms with van der Waals surface area (Å²) in [6.45, 7) is 2.03. The van der Waals surface area contributed by atoms with Crippen LogP contribution in [0, 0.1) is 0 Å². The summed E-state index contributed by atoms with van der Waals surface area (Å²) in [7, 11) is 0. The van der Waals surface area contributed by atoms with Gasteiger partial charge < -0.3 is 20.3 Å². The molecule has 1 aromatic rings. The highest BCUT2D eigenvalue weighted by atomic mass is 16.5. The van der Waals surface area contributed by atoms with E-state index in [1.54, 1.807) is 18.2 Å². The summed E-state index contributed by atoms with van der Waals surface area (Å²) in [6.07, 6.45) is 1.22. The van der Waals surface area contributed by atoms with Gasteiger partial charge in [-0.1, -0.05) is 18.2 Å². The second kappa shape index (κ2) is 6.14. The monoisotopic (exact) mass is 265 g/mol. The first-order valence-electron chi connectivity index (χ1n) is 6.43. The van der Waals surface area contributed by atoms with Gasteiger partial charge in [0.15, 0.2) is 0 Å². The zero-order chi connectivity index (χ0) is 13.7. The largest absolute Gasteiger partial charge is 0.478 e. The van der Waals surface area contributed by atoms with E-state index in [1.165, 1.54) is 0 Å². The molecule has 2 rings (SSSR count). The van der Waals surface area contributed by atoms with Gasteiger partial charge in [0.2, 0.25) is 0 Å². The van der Waals surface area contributed by atoms with E-state index < -0.39 is 11.6 Å². The third kappa shape index (κ3) is 3.76. The van der Waals surface area contributed by atoms with Crippen molar-refractivity contribution in [3.05, 3.63) is 35.4 Å². The van der Waals surface area contributed by atoms with Gasteiger partial charge >= 0.3 is 5.97 Å². The van der Waals surface area contributed by atoms with Crippen LogP contribution in [-0.4, -0.2) is 41.5 Å². The molecule has 1 aromatic carbocycles. The van der Waals surface area contributed by atoms with Crippen LogP contribution in [0.3, 0.4) is 0 Å². The molecule has 19 heavy (non-hydrogen) atoms. The average Bonchev–Trinajstić information content (AvgIpc) is 2.40. The topological polar surface area (TPSA) is 78.8 Å². The Hall–Kier alpha value is -1.43. The summed E-state index contributed by atoms with van der Waals surface area (Å²) < 4.78 is 5.21. The average molecular weight is 265 g/mol. The number of benzene rings is 1. The smallest absolute Gasteiger partial charge is 0.336 e. The predicted octanol–water partition coefficient (Wildman–Crippen LogP) is 1.02. The van der Waals surface area contributed by atoms with E-state index in [9.17, 15) is 9.90 Å². The van der Waals surface area contributed by atoms with Crippen LogP contribution in [0.25, 0.3) is 0 Å². The number of carboxylic acids is 1. The van der Waals surface area contributed by atoms with Crippen molar-refractivity contribution in [3.63, 3.8) is 0 Å². The Morgan fingerprint density at radius 1 is 1.32 bits per heavy atom. The fourth-order valence-corrected chi connectivity index (χ4v) is 2.24. The summed E-state index contributed by atoms with van der Waals surface area (Å²) in [6, 6.07) is 6.89. The van der Waals surface area contributed by atoms with Gasteiger partial charge in [-0.15, -0.1) is 0 Å². The van der Waals surface area contributed by atoms with Crippen LogP contribution in [0.1, 0.15) is 28.8 Å². The third-order valence-electron chi connectivity index (χ3n) is 3.44. The predicted molar refractivity (Wildman–Crippen MR) is 70.1 cm³/mol. The highest BCUT2D eigenvalue weighted by Crippen LogP contribution is 2.19. The number of carboxylic acid groups (broad SMARTS) is 1. The Balaban J connectivity index is 1.90.